The van der Waals surface area contributed by atoms with Crippen molar-refractivity contribution in [2.75, 3.05) is 20.1 Å². The molecule has 1 aromatic rings. The topological polar surface area (TPSA) is 44.0 Å². The third kappa shape index (κ3) is 2.13. The fourth-order valence-electron chi connectivity index (χ4n) is 2.02. The van der Waals surface area contributed by atoms with Crippen LogP contribution in [0.5, 0.6) is 0 Å². The first-order chi connectivity index (χ1) is 6.75. The number of likely N-dealkylation sites (N-methyl/N-ethyl adjacent to an activating group) is 1. The Labute approximate surface area is 84.7 Å². The predicted molar refractivity (Wildman–Crippen MR) is 56.2 cm³/mol. The van der Waals surface area contributed by atoms with E-state index in [1.54, 1.807) is 6.33 Å². The Morgan fingerprint density at radius 3 is 3.14 bits per heavy atom. The Bertz CT molecular complexity index is 270. The summed E-state index contributed by atoms with van der Waals surface area (Å²) < 4.78 is 0. The number of imidazole rings is 1. The van der Waals surface area contributed by atoms with Crippen LogP contribution in [0.1, 0.15) is 12.6 Å². The van der Waals surface area contributed by atoms with Gasteiger partial charge in [0.05, 0.1) is 6.33 Å². The van der Waals surface area contributed by atoms with Gasteiger partial charge in [-0.1, -0.05) is 0 Å². The molecule has 1 fully saturated rings. The number of H-pyrrole nitrogens is 1. The van der Waals surface area contributed by atoms with Gasteiger partial charge >= 0.3 is 0 Å². The van der Waals surface area contributed by atoms with Crippen LogP contribution in [-0.4, -0.2) is 47.1 Å². The van der Waals surface area contributed by atoms with E-state index in [9.17, 15) is 0 Å². The minimum absolute atomic E-state index is 0.589. The Kier molecular flexibility index (Phi) is 2.84. The average molecular weight is 194 g/mol. The molecule has 1 aliphatic rings. The highest BCUT2D eigenvalue weighted by Gasteiger charge is 2.22. The maximum Gasteiger partial charge on any atom is 0.0921 e. The van der Waals surface area contributed by atoms with Crippen molar-refractivity contribution in [1.29, 1.82) is 0 Å². The van der Waals surface area contributed by atoms with Crippen molar-refractivity contribution in [3.8, 4) is 0 Å². The molecule has 0 aliphatic carbocycles. The van der Waals surface area contributed by atoms with Gasteiger partial charge in [0.25, 0.3) is 0 Å². The molecule has 2 rings (SSSR count). The smallest absolute Gasteiger partial charge is 0.0921 e. The van der Waals surface area contributed by atoms with Crippen molar-refractivity contribution in [2.24, 2.45) is 0 Å². The van der Waals surface area contributed by atoms with Gasteiger partial charge in [0, 0.05) is 43.5 Å². The van der Waals surface area contributed by atoms with E-state index in [1.807, 2.05) is 6.20 Å². The molecule has 1 aliphatic heterocycles. The van der Waals surface area contributed by atoms with Crippen molar-refractivity contribution in [1.82, 2.24) is 20.2 Å². The summed E-state index contributed by atoms with van der Waals surface area (Å²) in [6.07, 6.45) is 4.70. The van der Waals surface area contributed by atoms with E-state index in [4.69, 9.17) is 0 Å². The number of piperazine rings is 1. The second-order valence-corrected chi connectivity index (χ2v) is 4.18. The molecule has 0 aromatic carbocycles. The SMILES string of the molecule is C[C@H]1CN(C)[C@@H](Cc2cnc[nH]2)CN1. The summed E-state index contributed by atoms with van der Waals surface area (Å²) >= 11 is 0. The van der Waals surface area contributed by atoms with Gasteiger partial charge in [-0.2, -0.15) is 0 Å². The molecule has 0 spiro atoms. The molecule has 4 nitrogen and oxygen atoms in total. The molecule has 2 atom stereocenters. The largest absolute Gasteiger partial charge is 0.348 e. The third-order valence-electron chi connectivity index (χ3n) is 2.90. The molecule has 0 bridgehead atoms. The molecule has 0 unspecified atom stereocenters. The summed E-state index contributed by atoms with van der Waals surface area (Å²) in [7, 11) is 2.19. The van der Waals surface area contributed by atoms with Gasteiger partial charge in [0.1, 0.15) is 0 Å². The van der Waals surface area contributed by atoms with E-state index in [0.29, 0.717) is 12.1 Å². The lowest BCUT2D eigenvalue weighted by Crippen LogP contribution is -2.54. The van der Waals surface area contributed by atoms with Crippen LogP contribution in [-0.2, 0) is 6.42 Å². The summed E-state index contributed by atoms with van der Waals surface area (Å²) in [4.78, 5) is 9.60. The molecule has 1 aromatic heterocycles. The molecular weight excluding hydrogens is 176 g/mol. The van der Waals surface area contributed by atoms with Gasteiger partial charge in [0.15, 0.2) is 0 Å². The maximum atomic E-state index is 4.03. The molecule has 0 radical (unpaired) electrons. The van der Waals surface area contributed by atoms with Crippen LogP contribution in [0.15, 0.2) is 12.5 Å². The van der Waals surface area contributed by atoms with Gasteiger partial charge in [-0.15, -0.1) is 0 Å². The summed E-state index contributed by atoms with van der Waals surface area (Å²) in [5.41, 5.74) is 1.22. The van der Waals surface area contributed by atoms with Crippen LogP contribution >= 0.6 is 0 Å². The van der Waals surface area contributed by atoms with E-state index < -0.39 is 0 Å². The highest BCUT2D eigenvalue weighted by atomic mass is 15.2. The fourth-order valence-corrected chi connectivity index (χ4v) is 2.02. The zero-order valence-electron chi connectivity index (χ0n) is 8.83. The summed E-state index contributed by atoms with van der Waals surface area (Å²) in [6.45, 7) is 4.42. The van der Waals surface area contributed by atoms with Gasteiger partial charge in [-0.3, -0.25) is 0 Å². The Morgan fingerprint density at radius 2 is 2.50 bits per heavy atom. The molecule has 4 heteroatoms. The van der Waals surface area contributed by atoms with Crippen molar-refractivity contribution >= 4 is 0 Å². The van der Waals surface area contributed by atoms with Gasteiger partial charge in [-0.25, -0.2) is 4.98 Å². The average Bonchev–Trinajstić information content (AvgIpc) is 2.62. The number of rotatable bonds is 2. The highest BCUT2D eigenvalue weighted by molar-refractivity contribution is 4.99. The number of hydrogen-bond acceptors (Lipinski definition) is 3. The van der Waals surface area contributed by atoms with E-state index >= 15 is 0 Å². The molecule has 14 heavy (non-hydrogen) atoms. The van der Waals surface area contributed by atoms with Gasteiger partial charge < -0.3 is 15.2 Å². The summed E-state index contributed by atoms with van der Waals surface area (Å²) in [5.74, 6) is 0. The lowest BCUT2D eigenvalue weighted by molar-refractivity contribution is 0.168. The number of nitrogens with zero attached hydrogens (tertiary/aromatic N) is 2. The minimum atomic E-state index is 0.589. The van der Waals surface area contributed by atoms with Crippen molar-refractivity contribution in [2.45, 2.75) is 25.4 Å². The summed E-state index contributed by atoms with van der Waals surface area (Å²) in [5, 5.41) is 3.50. The highest BCUT2D eigenvalue weighted by Crippen LogP contribution is 2.08. The van der Waals surface area contributed by atoms with Crippen LogP contribution in [0.4, 0.5) is 0 Å². The van der Waals surface area contributed by atoms with E-state index in [1.165, 1.54) is 5.69 Å². The predicted octanol–water partition coefficient (Wildman–Crippen LogP) is 0.244. The molecule has 2 N–H and O–H groups in total. The van der Waals surface area contributed by atoms with Crippen LogP contribution in [0.2, 0.25) is 0 Å². The van der Waals surface area contributed by atoms with Crippen LogP contribution in [0.3, 0.4) is 0 Å². The molecule has 0 saturated carbocycles. The van der Waals surface area contributed by atoms with Crippen LogP contribution in [0, 0.1) is 0 Å². The first-order valence-corrected chi connectivity index (χ1v) is 5.16. The Morgan fingerprint density at radius 1 is 1.64 bits per heavy atom. The lowest BCUT2D eigenvalue weighted by Gasteiger charge is -2.36. The summed E-state index contributed by atoms with van der Waals surface area (Å²) in [6, 6.07) is 1.20. The molecule has 2 heterocycles. The normalized spacial score (nSPS) is 29.3. The minimum Gasteiger partial charge on any atom is -0.348 e. The van der Waals surface area contributed by atoms with Gasteiger partial charge in [0.2, 0.25) is 0 Å². The van der Waals surface area contributed by atoms with Crippen molar-refractivity contribution < 1.29 is 0 Å². The number of aromatic amines is 1. The van der Waals surface area contributed by atoms with Crippen molar-refractivity contribution in [3.05, 3.63) is 18.2 Å². The third-order valence-corrected chi connectivity index (χ3v) is 2.90. The molecule has 78 valence electrons. The zero-order chi connectivity index (χ0) is 9.97. The number of hydrogen-bond donors (Lipinski definition) is 2. The molecule has 1 saturated heterocycles. The second-order valence-electron chi connectivity index (χ2n) is 4.18. The molecular formula is C10H18N4. The van der Waals surface area contributed by atoms with E-state index in [0.717, 1.165) is 19.5 Å². The number of aromatic nitrogens is 2. The fraction of sp³-hybridized carbons (Fsp3) is 0.700. The molecule has 0 amide bonds. The Balaban J connectivity index is 1.92. The second kappa shape index (κ2) is 4.11. The first kappa shape index (κ1) is 9.68. The van der Waals surface area contributed by atoms with Gasteiger partial charge in [-0.05, 0) is 14.0 Å². The van der Waals surface area contributed by atoms with E-state index in [2.05, 4.69) is 34.2 Å². The van der Waals surface area contributed by atoms with E-state index in [-0.39, 0.29) is 0 Å². The quantitative estimate of drug-likeness (QED) is 0.709. The maximum absolute atomic E-state index is 4.03. The van der Waals surface area contributed by atoms with Crippen molar-refractivity contribution in [3.63, 3.8) is 0 Å². The zero-order valence-corrected chi connectivity index (χ0v) is 8.83. The first-order valence-electron chi connectivity index (χ1n) is 5.16. The standard InChI is InChI=1S/C10H18N4/c1-8-6-14(2)10(5-12-8)3-9-4-11-7-13-9/h4,7-8,10,12H,3,5-6H2,1-2H3,(H,11,13)/t8-,10-/m0/s1. The Hall–Kier alpha value is -0.870. The monoisotopic (exact) mass is 194 g/mol. The van der Waals surface area contributed by atoms with Crippen LogP contribution in [0.25, 0.3) is 0 Å². The lowest BCUT2D eigenvalue weighted by atomic mass is 10.1. The van der Waals surface area contributed by atoms with Crippen LogP contribution < -0.4 is 5.32 Å². The number of nitrogens with one attached hydrogen (secondary N) is 2.